The zero-order valence-corrected chi connectivity index (χ0v) is 10.8. The third kappa shape index (κ3) is 2.45. The first-order valence-corrected chi connectivity index (χ1v) is 6.68. The van der Waals surface area contributed by atoms with Crippen molar-refractivity contribution in [2.45, 2.75) is 11.8 Å². The molecular weight excluding hydrogens is 254 g/mol. The molecule has 96 valence electrons. The number of sulfonamides is 1. The van der Waals surface area contributed by atoms with E-state index in [4.69, 9.17) is 0 Å². The minimum absolute atomic E-state index is 0.0471. The van der Waals surface area contributed by atoms with Crippen LogP contribution < -0.4 is 4.72 Å². The van der Waals surface area contributed by atoms with E-state index in [1.165, 1.54) is 23.1 Å². The van der Waals surface area contributed by atoms with Crippen LogP contribution in [0.4, 0.5) is 5.69 Å². The molecule has 7 heteroatoms. The predicted octanol–water partition coefficient (Wildman–Crippen LogP) is 1.23. The van der Waals surface area contributed by atoms with Crippen LogP contribution in [-0.2, 0) is 17.1 Å². The zero-order chi connectivity index (χ0) is 13.3. The van der Waals surface area contributed by atoms with Crippen LogP contribution in [0.25, 0.3) is 0 Å². The summed E-state index contributed by atoms with van der Waals surface area (Å²) in [6.45, 7) is 1.81. The Morgan fingerprint density at radius 2 is 2.11 bits per heavy atom. The molecule has 0 aliphatic carbocycles. The summed E-state index contributed by atoms with van der Waals surface area (Å²) in [5.74, 6) is -0.118. The van der Waals surface area contributed by atoms with E-state index >= 15 is 0 Å². The molecule has 2 N–H and O–H groups in total. The lowest BCUT2D eigenvalue weighted by Crippen LogP contribution is -2.12. The van der Waals surface area contributed by atoms with Crippen molar-refractivity contribution in [2.75, 3.05) is 4.72 Å². The summed E-state index contributed by atoms with van der Waals surface area (Å²) in [5.41, 5.74) is 0.996. The van der Waals surface area contributed by atoms with E-state index in [1.807, 2.05) is 0 Å². The van der Waals surface area contributed by atoms with E-state index in [2.05, 4.69) is 9.82 Å². The van der Waals surface area contributed by atoms with Crippen LogP contribution in [-0.4, -0.2) is 23.3 Å². The van der Waals surface area contributed by atoms with Gasteiger partial charge >= 0.3 is 0 Å². The fourth-order valence-corrected chi connectivity index (χ4v) is 2.52. The second-order valence-corrected chi connectivity index (χ2v) is 5.66. The maximum absolute atomic E-state index is 12.0. The van der Waals surface area contributed by atoms with Crippen molar-refractivity contribution < 1.29 is 13.5 Å². The Balaban J connectivity index is 2.36. The molecule has 0 amide bonds. The van der Waals surface area contributed by atoms with Gasteiger partial charge in [-0.15, -0.1) is 0 Å². The number of hydrogen-bond donors (Lipinski definition) is 2. The van der Waals surface area contributed by atoms with Gasteiger partial charge < -0.3 is 5.11 Å². The third-order valence-electron chi connectivity index (χ3n) is 2.39. The van der Waals surface area contributed by atoms with Gasteiger partial charge in [-0.1, -0.05) is 6.07 Å². The number of aromatic hydroxyl groups is 1. The molecule has 0 radical (unpaired) electrons. The van der Waals surface area contributed by atoms with Gasteiger partial charge in [0.15, 0.2) is 0 Å². The van der Waals surface area contributed by atoms with Gasteiger partial charge in [0.05, 0.1) is 11.9 Å². The smallest absolute Gasteiger partial charge is 0.265 e. The highest BCUT2D eigenvalue weighted by molar-refractivity contribution is 7.92. The maximum Gasteiger partial charge on any atom is 0.265 e. The molecule has 2 rings (SSSR count). The highest BCUT2D eigenvalue weighted by Gasteiger charge is 2.17. The minimum atomic E-state index is -3.73. The summed E-state index contributed by atoms with van der Waals surface area (Å²) in [6, 6.07) is 4.69. The van der Waals surface area contributed by atoms with Gasteiger partial charge in [-0.25, -0.2) is 8.42 Å². The highest BCUT2D eigenvalue weighted by atomic mass is 32.2. The summed E-state index contributed by atoms with van der Waals surface area (Å²) in [6.07, 6.45) is 2.63. The Kier molecular flexibility index (Phi) is 3.00. The first kappa shape index (κ1) is 12.4. The van der Waals surface area contributed by atoms with Crippen molar-refractivity contribution in [2.24, 2.45) is 7.05 Å². The van der Waals surface area contributed by atoms with E-state index in [9.17, 15) is 13.5 Å². The lowest BCUT2D eigenvalue weighted by Gasteiger charge is -2.08. The molecule has 0 aliphatic heterocycles. The molecule has 1 heterocycles. The van der Waals surface area contributed by atoms with Crippen LogP contribution in [0, 0.1) is 6.92 Å². The number of anilines is 1. The molecule has 0 bridgehead atoms. The third-order valence-corrected chi connectivity index (χ3v) is 3.71. The fourth-order valence-electron chi connectivity index (χ4n) is 1.47. The topological polar surface area (TPSA) is 84.2 Å². The average Bonchev–Trinajstić information content (AvgIpc) is 2.71. The number of nitrogens with one attached hydrogen (secondary N) is 1. The fraction of sp³-hybridized carbons (Fsp3) is 0.182. The number of rotatable bonds is 3. The summed E-state index contributed by atoms with van der Waals surface area (Å²) in [4.78, 5) is 0.0471. The quantitative estimate of drug-likeness (QED) is 0.819. The molecule has 18 heavy (non-hydrogen) atoms. The van der Waals surface area contributed by atoms with Crippen LogP contribution in [0.1, 0.15) is 5.56 Å². The summed E-state index contributed by atoms with van der Waals surface area (Å²) in [7, 11) is -2.10. The van der Waals surface area contributed by atoms with Gasteiger partial charge in [-0.05, 0) is 24.6 Å². The molecular formula is C11H13N3O3S. The van der Waals surface area contributed by atoms with Crippen LogP contribution >= 0.6 is 0 Å². The lowest BCUT2D eigenvalue weighted by atomic mass is 10.2. The number of nitrogens with zero attached hydrogens (tertiary/aromatic N) is 2. The first-order valence-electron chi connectivity index (χ1n) is 5.19. The molecule has 0 atom stereocenters. The highest BCUT2D eigenvalue weighted by Crippen LogP contribution is 2.26. The van der Waals surface area contributed by atoms with Crippen molar-refractivity contribution in [1.29, 1.82) is 0 Å². The van der Waals surface area contributed by atoms with Gasteiger partial charge in [-0.2, -0.15) is 5.10 Å². The Morgan fingerprint density at radius 1 is 1.39 bits per heavy atom. The van der Waals surface area contributed by atoms with E-state index in [0.29, 0.717) is 0 Å². The maximum atomic E-state index is 12.0. The summed E-state index contributed by atoms with van der Waals surface area (Å²) in [5, 5.41) is 13.4. The number of phenols is 1. The molecule has 0 aliphatic rings. The van der Waals surface area contributed by atoms with Gasteiger partial charge in [0.2, 0.25) is 0 Å². The molecule has 0 spiro atoms. The number of aryl methyl sites for hydroxylation is 2. The molecule has 0 unspecified atom stereocenters. The Hall–Kier alpha value is -2.02. The van der Waals surface area contributed by atoms with Gasteiger partial charge in [0.25, 0.3) is 10.0 Å². The van der Waals surface area contributed by atoms with E-state index < -0.39 is 10.0 Å². The second kappa shape index (κ2) is 4.34. The van der Waals surface area contributed by atoms with E-state index in [-0.39, 0.29) is 16.3 Å². The summed E-state index contributed by atoms with van der Waals surface area (Å²) < 4.78 is 27.7. The zero-order valence-electron chi connectivity index (χ0n) is 9.95. The van der Waals surface area contributed by atoms with Gasteiger partial charge in [0, 0.05) is 13.2 Å². The molecule has 2 aromatic rings. The van der Waals surface area contributed by atoms with Crippen molar-refractivity contribution in [1.82, 2.24) is 9.78 Å². The molecule has 0 saturated heterocycles. The van der Waals surface area contributed by atoms with Crippen molar-refractivity contribution in [3.63, 3.8) is 0 Å². The molecule has 6 nitrogen and oxygen atoms in total. The average molecular weight is 267 g/mol. The van der Waals surface area contributed by atoms with Crippen LogP contribution in [0.2, 0.25) is 0 Å². The number of hydrogen-bond acceptors (Lipinski definition) is 4. The summed E-state index contributed by atoms with van der Waals surface area (Å²) >= 11 is 0. The largest absolute Gasteiger partial charge is 0.506 e. The van der Waals surface area contributed by atoms with Gasteiger partial charge in [-0.3, -0.25) is 9.40 Å². The van der Waals surface area contributed by atoms with Crippen LogP contribution in [0.3, 0.4) is 0 Å². The molecule has 1 aromatic carbocycles. The number of phenolic OH excluding ortho intramolecular Hbond substituents is 1. The minimum Gasteiger partial charge on any atom is -0.506 e. The SMILES string of the molecule is Cc1ccc(O)c(NS(=O)(=O)c2cnn(C)c2)c1. The monoisotopic (exact) mass is 267 g/mol. The second-order valence-electron chi connectivity index (χ2n) is 3.98. The lowest BCUT2D eigenvalue weighted by molar-refractivity contribution is 0.477. The van der Waals surface area contributed by atoms with Gasteiger partial charge in [0.1, 0.15) is 10.6 Å². The van der Waals surface area contributed by atoms with Crippen molar-refractivity contribution >= 4 is 15.7 Å². The predicted molar refractivity (Wildman–Crippen MR) is 66.9 cm³/mol. The number of aromatic nitrogens is 2. The van der Waals surface area contributed by atoms with Crippen LogP contribution in [0.15, 0.2) is 35.5 Å². The Labute approximate surface area is 105 Å². The Morgan fingerprint density at radius 3 is 2.72 bits per heavy atom. The van der Waals surface area contributed by atoms with E-state index in [0.717, 1.165) is 5.56 Å². The van der Waals surface area contributed by atoms with Crippen molar-refractivity contribution in [3.05, 3.63) is 36.2 Å². The van der Waals surface area contributed by atoms with Crippen molar-refractivity contribution in [3.8, 4) is 5.75 Å². The van der Waals surface area contributed by atoms with E-state index in [1.54, 1.807) is 26.1 Å². The Bertz CT molecular complexity index is 677. The molecule has 1 aromatic heterocycles. The number of benzene rings is 1. The first-order chi connectivity index (χ1) is 8.38. The normalized spacial score (nSPS) is 11.4. The van der Waals surface area contributed by atoms with Crippen LogP contribution in [0.5, 0.6) is 5.75 Å². The molecule has 0 saturated carbocycles. The standard InChI is InChI=1S/C11H13N3O3S/c1-8-3-4-11(15)10(5-8)13-18(16,17)9-6-12-14(2)7-9/h3-7,13,15H,1-2H3. The molecule has 0 fully saturated rings.